The summed E-state index contributed by atoms with van der Waals surface area (Å²) in [5.41, 5.74) is 0.553. The number of rotatable bonds is 4. The molecule has 0 heterocycles. The molecule has 98 valence electrons. The van der Waals surface area contributed by atoms with E-state index >= 15 is 0 Å². The molecule has 1 saturated carbocycles. The quantitative estimate of drug-likeness (QED) is 0.868. The first kappa shape index (κ1) is 13.1. The third-order valence-electron chi connectivity index (χ3n) is 3.70. The molecule has 1 aromatic carbocycles. The van der Waals surface area contributed by atoms with Gasteiger partial charge in [-0.3, -0.25) is 4.79 Å². The molecule has 0 saturated heterocycles. The second-order valence-electron chi connectivity index (χ2n) is 5.17. The van der Waals surface area contributed by atoms with Crippen LogP contribution in [0.15, 0.2) is 24.3 Å². The first-order valence-corrected chi connectivity index (χ1v) is 6.70. The summed E-state index contributed by atoms with van der Waals surface area (Å²) in [5.74, 6) is 0.307. The molecule has 0 bridgehead atoms. The zero-order valence-corrected chi connectivity index (χ0v) is 10.8. The van der Waals surface area contributed by atoms with Gasteiger partial charge in [-0.15, -0.1) is 0 Å². The van der Waals surface area contributed by atoms with Gasteiger partial charge >= 0.3 is 0 Å². The summed E-state index contributed by atoms with van der Waals surface area (Å²) in [5, 5.41) is 2.88. The van der Waals surface area contributed by atoms with E-state index in [1.54, 1.807) is 18.2 Å². The Morgan fingerprint density at radius 3 is 2.72 bits per heavy atom. The normalized spacial score (nSPS) is 17.7. The highest BCUT2D eigenvalue weighted by atomic mass is 19.1. The highest BCUT2D eigenvalue weighted by Crippen LogP contribution is 2.27. The van der Waals surface area contributed by atoms with Gasteiger partial charge in [-0.2, -0.15) is 0 Å². The average molecular weight is 249 g/mol. The summed E-state index contributed by atoms with van der Waals surface area (Å²) in [7, 11) is 0. The third kappa shape index (κ3) is 3.31. The van der Waals surface area contributed by atoms with Gasteiger partial charge < -0.3 is 5.32 Å². The highest BCUT2D eigenvalue weighted by Gasteiger charge is 2.20. The van der Waals surface area contributed by atoms with Gasteiger partial charge in [-0.25, -0.2) is 4.39 Å². The Balaban J connectivity index is 1.88. The largest absolute Gasteiger partial charge is 0.349 e. The zero-order chi connectivity index (χ0) is 13.0. The van der Waals surface area contributed by atoms with Crippen molar-refractivity contribution in [2.24, 2.45) is 5.92 Å². The van der Waals surface area contributed by atoms with Crippen molar-refractivity contribution in [3.05, 3.63) is 35.6 Å². The van der Waals surface area contributed by atoms with E-state index < -0.39 is 0 Å². The molecule has 0 unspecified atom stereocenters. The minimum absolute atomic E-state index is 0.0395. The lowest BCUT2D eigenvalue weighted by atomic mass is 10.0. The monoisotopic (exact) mass is 249 g/mol. The smallest absolute Gasteiger partial charge is 0.220 e. The molecule has 18 heavy (non-hydrogen) atoms. The molecule has 1 aromatic rings. The summed E-state index contributed by atoms with van der Waals surface area (Å²) in [4.78, 5) is 11.9. The second-order valence-corrected chi connectivity index (χ2v) is 5.17. The van der Waals surface area contributed by atoms with E-state index in [-0.39, 0.29) is 17.8 Å². The number of carbonyl (C=O) groups is 1. The molecular formula is C15H20FNO. The molecule has 0 aromatic heterocycles. The summed E-state index contributed by atoms with van der Waals surface area (Å²) in [6.45, 7) is 1.82. The molecule has 1 amide bonds. The SMILES string of the molecule is C[C@@H](NC(=O)CC1CCCC1)c1ccccc1F. The Kier molecular flexibility index (Phi) is 4.34. The minimum atomic E-state index is -0.264. The van der Waals surface area contributed by atoms with E-state index in [1.165, 1.54) is 18.9 Å². The molecule has 0 spiro atoms. The van der Waals surface area contributed by atoms with E-state index in [9.17, 15) is 9.18 Å². The van der Waals surface area contributed by atoms with Gasteiger partial charge in [0.05, 0.1) is 6.04 Å². The van der Waals surface area contributed by atoms with Gasteiger partial charge in [-0.1, -0.05) is 31.0 Å². The molecular weight excluding hydrogens is 229 g/mol. The van der Waals surface area contributed by atoms with Crippen LogP contribution in [-0.4, -0.2) is 5.91 Å². The van der Waals surface area contributed by atoms with Crippen LogP contribution in [0.5, 0.6) is 0 Å². The molecule has 1 N–H and O–H groups in total. The van der Waals surface area contributed by atoms with Crippen LogP contribution < -0.4 is 5.32 Å². The molecule has 0 aliphatic heterocycles. The fourth-order valence-electron chi connectivity index (χ4n) is 2.68. The summed E-state index contributed by atoms with van der Waals surface area (Å²) in [6.07, 6.45) is 5.36. The van der Waals surface area contributed by atoms with Crippen LogP contribution in [0.4, 0.5) is 4.39 Å². The van der Waals surface area contributed by atoms with E-state index in [0.29, 0.717) is 17.9 Å². The number of carbonyl (C=O) groups excluding carboxylic acids is 1. The lowest BCUT2D eigenvalue weighted by molar-refractivity contribution is -0.122. The van der Waals surface area contributed by atoms with Crippen molar-refractivity contribution in [3.8, 4) is 0 Å². The van der Waals surface area contributed by atoms with Gasteiger partial charge in [0.1, 0.15) is 5.82 Å². The first-order chi connectivity index (χ1) is 8.66. The van der Waals surface area contributed by atoms with Crippen LogP contribution in [0, 0.1) is 11.7 Å². The third-order valence-corrected chi connectivity index (χ3v) is 3.70. The molecule has 2 nitrogen and oxygen atoms in total. The Bertz CT molecular complexity index is 413. The Morgan fingerprint density at radius 1 is 1.39 bits per heavy atom. The van der Waals surface area contributed by atoms with Crippen molar-refractivity contribution < 1.29 is 9.18 Å². The Hall–Kier alpha value is -1.38. The van der Waals surface area contributed by atoms with E-state index in [0.717, 1.165) is 12.8 Å². The fourth-order valence-corrected chi connectivity index (χ4v) is 2.68. The van der Waals surface area contributed by atoms with Crippen molar-refractivity contribution in [3.63, 3.8) is 0 Å². The van der Waals surface area contributed by atoms with Crippen LogP contribution in [-0.2, 0) is 4.79 Å². The lowest BCUT2D eigenvalue weighted by Crippen LogP contribution is -2.28. The molecule has 2 rings (SSSR count). The van der Waals surface area contributed by atoms with E-state index in [2.05, 4.69) is 5.32 Å². The van der Waals surface area contributed by atoms with Crippen molar-refractivity contribution in [2.45, 2.75) is 45.1 Å². The predicted octanol–water partition coefficient (Wildman–Crippen LogP) is 3.58. The molecule has 1 fully saturated rings. The van der Waals surface area contributed by atoms with Crippen LogP contribution in [0.2, 0.25) is 0 Å². The number of nitrogens with one attached hydrogen (secondary N) is 1. The van der Waals surface area contributed by atoms with Gasteiger partial charge in [0.2, 0.25) is 5.91 Å². The first-order valence-electron chi connectivity index (χ1n) is 6.70. The topological polar surface area (TPSA) is 29.1 Å². The lowest BCUT2D eigenvalue weighted by Gasteiger charge is -2.16. The maximum atomic E-state index is 13.5. The van der Waals surface area contributed by atoms with Crippen LogP contribution in [0.1, 0.15) is 50.6 Å². The summed E-state index contributed by atoms with van der Waals surface area (Å²) < 4.78 is 13.5. The minimum Gasteiger partial charge on any atom is -0.349 e. The number of halogens is 1. The van der Waals surface area contributed by atoms with Gasteiger partial charge in [0.25, 0.3) is 0 Å². The fraction of sp³-hybridized carbons (Fsp3) is 0.533. The van der Waals surface area contributed by atoms with Crippen molar-refractivity contribution >= 4 is 5.91 Å². The molecule has 1 aliphatic carbocycles. The van der Waals surface area contributed by atoms with Crippen LogP contribution >= 0.6 is 0 Å². The number of hydrogen-bond acceptors (Lipinski definition) is 1. The number of amides is 1. The zero-order valence-electron chi connectivity index (χ0n) is 10.8. The van der Waals surface area contributed by atoms with Crippen molar-refractivity contribution in [2.75, 3.05) is 0 Å². The molecule has 1 atom stereocenters. The maximum absolute atomic E-state index is 13.5. The average Bonchev–Trinajstić information content (AvgIpc) is 2.82. The van der Waals surface area contributed by atoms with Crippen LogP contribution in [0.25, 0.3) is 0 Å². The summed E-state index contributed by atoms with van der Waals surface area (Å²) in [6, 6.07) is 6.33. The number of benzene rings is 1. The highest BCUT2D eigenvalue weighted by molar-refractivity contribution is 5.76. The van der Waals surface area contributed by atoms with Crippen LogP contribution in [0.3, 0.4) is 0 Å². The number of hydrogen-bond donors (Lipinski definition) is 1. The van der Waals surface area contributed by atoms with Gasteiger partial charge in [0.15, 0.2) is 0 Å². The van der Waals surface area contributed by atoms with E-state index in [1.807, 2.05) is 6.92 Å². The maximum Gasteiger partial charge on any atom is 0.220 e. The van der Waals surface area contributed by atoms with Gasteiger partial charge in [0, 0.05) is 12.0 Å². The van der Waals surface area contributed by atoms with Crippen molar-refractivity contribution in [1.82, 2.24) is 5.32 Å². The Labute approximate surface area is 108 Å². The molecule has 3 heteroatoms. The predicted molar refractivity (Wildman–Crippen MR) is 69.5 cm³/mol. The van der Waals surface area contributed by atoms with E-state index in [4.69, 9.17) is 0 Å². The summed E-state index contributed by atoms with van der Waals surface area (Å²) >= 11 is 0. The van der Waals surface area contributed by atoms with Crippen molar-refractivity contribution in [1.29, 1.82) is 0 Å². The standard InChI is InChI=1S/C15H20FNO/c1-11(13-8-4-5-9-14(13)16)17-15(18)10-12-6-2-3-7-12/h4-5,8-9,11-12H,2-3,6-7,10H2,1H3,(H,17,18)/t11-/m1/s1. The van der Waals surface area contributed by atoms with Gasteiger partial charge in [-0.05, 0) is 31.7 Å². The molecule has 1 aliphatic rings. The Morgan fingerprint density at radius 2 is 2.06 bits per heavy atom. The second kappa shape index (κ2) is 5.98. The molecule has 0 radical (unpaired) electrons.